The molecule has 0 radical (unpaired) electrons. The third-order valence-corrected chi connectivity index (χ3v) is 8.20. The molecule has 3 aliphatic carbocycles. The van der Waals surface area contributed by atoms with Crippen LogP contribution in [0.2, 0.25) is 0 Å². The number of nitrogens with one attached hydrogen (secondary N) is 4. The highest BCUT2D eigenvalue weighted by atomic mass is 16.5. The van der Waals surface area contributed by atoms with Gasteiger partial charge in [-0.3, -0.25) is 4.79 Å². The van der Waals surface area contributed by atoms with Crippen LogP contribution in [0.1, 0.15) is 68.1 Å². The van der Waals surface area contributed by atoms with Crippen molar-refractivity contribution in [1.29, 1.82) is 0 Å². The number of carbonyl (C=O) groups is 1. The lowest BCUT2D eigenvalue weighted by Crippen LogP contribution is -2.28. The minimum atomic E-state index is -0.147. The summed E-state index contributed by atoms with van der Waals surface area (Å²) in [6.07, 6.45) is 11.2. The molecule has 218 valence electrons. The largest absolute Gasteiger partial charge is 0.378 e. The molecule has 2 aromatic rings. The lowest BCUT2D eigenvalue weighted by atomic mass is 9.95. The van der Waals surface area contributed by atoms with E-state index in [0.717, 1.165) is 24.4 Å². The molecule has 6 N–H and O–H groups in total. The maximum absolute atomic E-state index is 12.5. The van der Waals surface area contributed by atoms with Gasteiger partial charge in [-0.25, -0.2) is 0 Å². The van der Waals surface area contributed by atoms with E-state index in [0.29, 0.717) is 80.9 Å². The van der Waals surface area contributed by atoms with Gasteiger partial charge in [-0.15, -0.1) is 0 Å². The van der Waals surface area contributed by atoms with E-state index in [1.54, 1.807) is 12.1 Å². The van der Waals surface area contributed by atoms with Crippen molar-refractivity contribution in [3.05, 3.63) is 29.8 Å². The van der Waals surface area contributed by atoms with E-state index in [-0.39, 0.29) is 5.91 Å². The van der Waals surface area contributed by atoms with Crippen molar-refractivity contribution < 1.29 is 14.3 Å². The number of hydrogen-bond acceptors (Lipinski definition) is 10. The molecule has 3 fully saturated rings. The van der Waals surface area contributed by atoms with Gasteiger partial charge < -0.3 is 36.5 Å². The van der Waals surface area contributed by atoms with Crippen LogP contribution in [0.5, 0.6) is 0 Å². The molecule has 11 heteroatoms. The minimum Gasteiger partial charge on any atom is -0.378 e. The van der Waals surface area contributed by atoms with E-state index < -0.39 is 0 Å². The van der Waals surface area contributed by atoms with Crippen molar-refractivity contribution in [2.45, 2.75) is 69.9 Å². The Labute approximate surface area is 236 Å². The van der Waals surface area contributed by atoms with Gasteiger partial charge >= 0.3 is 0 Å². The molecule has 0 saturated heterocycles. The first kappa shape index (κ1) is 28.5. The second-order valence-corrected chi connectivity index (χ2v) is 11.2. The van der Waals surface area contributed by atoms with Crippen molar-refractivity contribution in [1.82, 2.24) is 20.3 Å². The van der Waals surface area contributed by atoms with Crippen molar-refractivity contribution >= 4 is 29.4 Å². The van der Waals surface area contributed by atoms with Crippen molar-refractivity contribution in [2.24, 2.45) is 17.6 Å². The summed E-state index contributed by atoms with van der Waals surface area (Å²) in [5, 5.41) is 13.4. The standard InChI is InChI=1S/C29H44N8O3/c30-12-14-39-16-17-40-15-13-31-26(38)21-8-10-24(11-9-21)33-28-35-27(32-23-4-2-1-3-5-23)36-29(37-28)34-25-19-20-6-7-22(25)18-20/h8-11,20,22-23,25H,1-7,12-19,30H2,(H,31,38)(H3,32,33,34,35,36,37). The average molecular weight is 553 g/mol. The fraction of sp³-hybridized carbons (Fsp3) is 0.655. The van der Waals surface area contributed by atoms with E-state index in [4.69, 9.17) is 30.2 Å². The summed E-state index contributed by atoms with van der Waals surface area (Å²) in [5.74, 6) is 3.13. The molecule has 1 aromatic carbocycles. The second-order valence-electron chi connectivity index (χ2n) is 11.2. The lowest BCUT2D eigenvalue weighted by Gasteiger charge is -2.25. The smallest absolute Gasteiger partial charge is 0.251 e. The number of nitrogens with zero attached hydrogens (tertiary/aromatic N) is 3. The first-order chi connectivity index (χ1) is 19.7. The van der Waals surface area contributed by atoms with E-state index in [1.165, 1.54) is 44.9 Å². The molecule has 1 heterocycles. The summed E-state index contributed by atoms with van der Waals surface area (Å²) >= 11 is 0. The van der Waals surface area contributed by atoms with Crippen LogP contribution in [0.3, 0.4) is 0 Å². The van der Waals surface area contributed by atoms with Gasteiger partial charge in [0.05, 0.1) is 26.4 Å². The zero-order valence-corrected chi connectivity index (χ0v) is 23.4. The Morgan fingerprint density at radius 2 is 1.55 bits per heavy atom. The molecule has 3 saturated carbocycles. The molecule has 2 bridgehead atoms. The zero-order valence-electron chi connectivity index (χ0n) is 23.4. The molecular weight excluding hydrogens is 508 g/mol. The average Bonchev–Trinajstić information content (AvgIpc) is 3.59. The third-order valence-electron chi connectivity index (χ3n) is 8.20. The van der Waals surface area contributed by atoms with Crippen LogP contribution in [0, 0.1) is 11.8 Å². The molecule has 0 spiro atoms. The highest BCUT2D eigenvalue weighted by molar-refractivity contribution is 5.94. The van der Waals surface area contributed by atoms with Gasteiger partial charge in [0.25, 0.3) is 5.91 Å². The van der Waals surface area contributed by atoms with Gasteiger partial charge in [0.1, 0.15) is 0 Å². The number of carbonyl (C=O) groups excluding carboxylic acids is 1. The van der Waals surface area contributed by atoms with Gasteiger partial charge in [-0.2, -0.15) is 15.0 Å². The highest BCUT2D eigenvalue weighted by Crippen LogP contribution is 2.45. The molecule has 5 rings (SSSR count). The first-order valence-corrected chi connectivity index (χ1v) is 15.0. The molecule has 0 aliphatic heterocycles. The lowest BCUT2D eigenvalue weighted by molar-refractivity contribution is 0.0511. The summed E-state index contributed by atoms with van der Waals surface area (Å²) in [6.45, 7) is 2.85. The van der Waals surface area contributed by atoms with Crippen molar-refractivity contribution in [3.63, 3.8) is 0 Å². The molecule has 11 nitrogen and oxygen atoms in total. The maximum atomic E-state index is 12.5. The molecule has 1 amide bonds. The number of amides is 1. The van der Waals surface area contributed by atoms with Crippen molar-refractivity contribution in [3.8, 4) is 0 Å². The highest BCUT2D eigenvalue weighted by Gasteiger charge is 2.39. The summed E-state index contributed by atoms with van der Waals surface area (Å²) in [4.78, 5) is 26.7. The molecular formula is C29H44N8O3. The summed E-state index contributed by atoms with van der Waals surface area (Å²) < 4.78 is 10.7. The van der Waals surface area contributed by atoms with Crippen LogP contribution in [0.25, 0.3) is 0 Å². The van der Waals surface area contributed by atoms with Crippen molar-refractivity contribution in [2.75, 3.05) is 55.5 Å². The molecule has 40 heavy (non-hydrogen) atoms. The number of ether oxygens (including phenoxy) is 2. The Hall–Kier alpha value is -3.02. The van der Waals surface area contributed by atoms with E-state index in [2.05, 4.69) is 21.3 Å². The summed E-state index contributed by atoms with van der Waals surface area (Å²) in [6, 6.07) is 8.13. The fourth-order valence-corrected chi connectivity index (χ4v) is 6.16. The second kappa shape index (κ2) is 14.6. The Kier molecular flexibility index (Phi) is 10.4. The summed E-state index contributed by atoms with van der Waals surface area (Å²) in [7, 11) is 0. The first-order valence-electron chi connectivity index (χ1n) is 15.0. The quantitative estimate of drug-likeness (QED) is 0.207. The monoisotopic (exact) mass is 552 g/mol. The van der Waals surface area contributed by atoms with Crippen LogP contribution in [0.15, 0.2) is 24.3 Å². The summed E-state index contributed by atoms with van der Waals surface area (Å²) in [5.41, 5.74) is 6.76. The van der Waals surface area contributed by atoms with Gasteiger partial charge in [0.2, 0.25) is 17.8 Å². The molecule has 1 aromatic heterocycles. The van der Waals surface area contributed by atoms with Crippen LogP contribution in [-0.4, -0.2) is 72.5 Å². The SMILES string of the molecule is NCCOCCOCCNC(=O)c1ccc(Nc2nc(NC3CCCCC3)nc(NC3CC4CCC3C4)n2)cc1. The number of nitrogens with two attached hydrogens (primary N) is 1. The van der Waals surface area contributed by atoms with Gasteiger partial charge in [0.15, 0.2) is 0 Å². The predicted molar refractivity (Wildman–Crippen MR) is 156 cm³/mol. The van der Waals surface area contributed by atoms with E-state index >= 15 is 0 Å². The van der Waals surface area contributed by atoms with E-state index in [1.807, 2.05) is 12.1 Å². The maximum Gasteiger partial charge on any atom is 0.251 e. The van der Waals surface area contributed by atoms with Crippen LogP contribution in [-0.2, 0) is 9.47 Å². The zero-order chi connectivity index (χ0) is 27.6. The van der Waals surface area contributed by atoms with E-state index in [9.17, 15) is 4.79 Å². The molecule has 3 atom stereocenters. The molecule has 3 unspecified atom stereocenters. The topological polar surface area (TPSA) is 148 Å². The Bertz CT molecular complexity index is 1080. The van der Waals surface area contributed by atoms with Crippen LogP contribution < -0.4 is 27.0 Å². The third kappa shape index (κ3) is 8.25. The number of anilines is 4. The van der Waals surface area contributed by atoms with Crippen LogP contribution in [0.4, 0.5) is 23.5 Å². The minimum absolute atomic E-state index is 0.147. The fourth-order valence-electron chi connectivity index (χ4n) is 6.16. The van der Waals surface area contributed by atoms with Crippen LogP contribution >= 0.6 is 0 Å². The normalized spacial score (nSPS) is 22.3. The number of benzene rings is 1. The Balaban J connectivity index is 1.16. The molecule has 3 aliphatic rings. The predicted octanol–water partition coefficient (Wildman–Crippen LogP) is 3.68. The van der Waals surface area contributed by atoms with Gasteiger partial charge in [-0.1, -0.05) is 25.7 Å². The Morgan fingerprint density at radius 1 is 0.825 bits per heavy atom. The number of hydrogen-bond donors (Lipinski definition) is 5. The van der Waals surface area contributed by atoms with Gasteiger partial charge in [0, 0.05) is 36.4 Å². The number of aromatic nitrogens is 3. The number of rotatable bonds is 15. The Morgan fingerprint density at radius 3 is 2.25 bits per heavy atom. The number of fused-ring (bicyclic) bond motifs is 2. The van der Waals surface area contributed by atoms with Gasteiger partial charge in [-0.05, 0) is 68.2 Å².